The van der Waals surface area contributed by atoms with Crippen molar-refractivity contribution < 1.29 is 14.6 Å². The lowest BCUT2D eigenvalue weighted by Gasteiger charge is -2.28. The second-order valence-corrected chi connectivity index (χ2v) is 8.60. The van der Waals surface area contributed by atoms with Gasteiger partial charge in [0.2, 0.25) is 0 Å². The summed E-state index contributed by atoms with van der Waals surface area (Å²) in [6.07, 6.45) is -0.549. The molecule has 1 aliphatic heterocycles. The highest BCUT2D eigenvalue weighted by Crippen LogP contribution is 2.42. The molecule has 2 aromatic carbocycles. The van der Waals surface area contributed by atoms with Crippen LogP contribution in [-0.4, -0.2) is 32.0 Å². The van der Waals surface area contributed by atoms with Crippen molar-refractivity contribution in [1.82, 2.24) is 13.7 Å². The normalized spacial score (nSPS) is 15.5. The smallest absolute Gasteiger partial charge is 0.331 e. The molecule has 1 atom stereocenters. The average Bonchev–Trinajstić information content (AvgIpc) is 3.18. The van der Waals surface area contributed by atoms with E-state index in [-0.39, 0.29) is 11.3 Å². The molecule has 0 saturated carbocycles. The number of aromatic nitrogens is 3. The van der Waals surface area contributed by atoms with Gasteiger partial charge in [-0.3, -0.25) is 13.9 Å². The Labute approximate surface area is 196 Å². The molecule has 0 bridgehead atoms. The van der Waals surface area contributed by atoms with Crippen molar-refractivity contribution in [3.63, 3.8) is 0 Å². The fourth-order valence-electron chi connectivity index (χ4n) is 4.89. The zero-order chi connectivity index (χ0) is 24.1. The molecule has 0 fully saturated rings. The summed E-state index contributed by atoms with van der Waals surface area (Å²) in [7, 11) is 3.18. The van der Waals surface area contributed by atoms with Crippen LogP contribution in [0.3, 0.4) is 0 Å². The molecule has 1 N–H and O–H groups in total. The Kier molecular flexibility index (Phi) is 5.32. The molecule has 176 valence electrons. The van der Waals surface area contributed by atoms with Gasteiger partial charge in [-0.1, -0.05) is 29.8 Å². The van der Waals surface area contributed by atoms with Gasteiger partial charge in [-0.15, -0.1) is 0 Å². The largest absolute Gasteiger partial charge is 0.504 e. The zero-order valence-electron chi connectivity index (χ0n) is 19.7. The summed E-state index contributed by atoms with van der Waals surface area (Å²) in [6.45, 7) is 5.23. The number of fused-ring (bicyclic) bond motifs is 3. The van der Waals surface area contributed by atoms with E-state index in [1.165, 1.54) is 11.6 Å². The van der Waals surface area contributed by atoms with Crippen LogP contribution in [0.1, 0.15) is 29.8 Å². The van der Waals surface area contributed by atoms with Gasteiger partial charge in [0.15, 0.2) is 11.5 Å². The maximum Gasteiger partial charge on any atom is 0.331 e. The van der Waals surface area contributed by atoms with E-state index in [0.29, 0.717) is 36.4 Å². The number of nitrogens with zero attached hydrogens (tertiary/aromatic N) is 3. The van der Waals surface area contributed by atoms with Crippen LogP contribution in [0.4, 0.5) is 0 Å². The standard InChI is InChI=1S/C26H27N3O5/c1-5-33-19-14-17(9-10-18(19)30)24-23-22-20(25(31)28(4)26(32)27(22)3)21(29(23)11-12-34-24)16-8-6-7-15(2)13-16/h6-10,13-14,24,30H,5,11-12H2,1-4H3/t24-/m1/s1. The van der Waals surface area contributed by atoms with Gasteiger partial charge < -0.3 is 19.1 Å². The van der Waals surface area contributed by atoms with Crippen LogP contribution in [0.2, 0.25) is 0 Å². The number of benzene rings is 2. The van der Waals surface area contributed by atoms with E-state index in [4.69, 9.17) is 9.47 Å². The minimum atomic E-state index is -0.549. The Morgan fingerprint density at radius 1 is 1.12 bits per heavy atom. The minimum Gasteiger partial charge on any atom is -0.504 e. The molecule has 8 nitrogen and oxygen atoms in total. The molecule has 0 saturated heterocycles. The lowest BCUT2D eigenvalue weighted by Crippen LogP contribution is -2.37. The third kappa shape index (κ3) is 3.25. The summed E-state index contributed by atoms with van der Waals surface area (Å²) in [4.78, 5) is 26.4. The van der Waals surface area contributed by atoms with Crippen LogP contribution in [0.15, 0.2) is 52.1 Å². The monoisotopic (exact) mass is 461 g/mol. The number of phenolic OH excluding ortho intramolecular Hbond substituents is 1. The average molecular weight is 462 g/mol. The van der Waals surface area contributed by atoms with Crippen molar-refractivity contribution in [2.45, 2.75) is 26.5 Å². The molecule has 0 unspecified atom stereocenters. The Morgan fingerprint density at radius 3 is 2.65 bits per heavy atom. The predicted octanol–water partition coefficient (Wildman–Crippen LogP) is 3.24. The van der Waals surface area contributed by atoms with Crippen molar-refractivity contribution in [3.8, 4) is 22.8 Å². The SMILES string of the molecule is CCOc1cc([C@H]2OCCn3c(-c4cccc(C)c4)c4c(=O)n(C)c(=O)n(C)c4c32)ccc1O. The molecular weight excluding hydrogens is 434 g/mol. The van der Waals surface area contributed by atoms with Gasteiger partial charge in [-0.25, -0.2) is 4.79 Å². The predicted molar refractivity (Wildman–Crippen MR) is 130 cm³/mol. The van der Waals surface area contributed by atoms with Crippen molar-refractivity contribution in [3.05, 3.63) is 80.1 Å². The van der Waals surface area contributed by atoms with Gasteiger partial charge in [0.05, 0.1) is 35.5 Å². The van der Waals surface area contributed by atoms with E-state index >= 15 is 0 Å². The molecule has 0 radical (unpaired) electrons. The maximum absolute atomic E-state index is 13.5. The van der Waals surface area contributed by atoms with E-state index in [1.54, 1.807) is 25.2 Å². The number of ether oxygens (including phenoxy) is 2. The molecule has 5 rings (SSSR count). The van der Waals surface area contributed by atoms with E-state index < -0.39 is 11.8 Å². The van der Waals surface area contributed by atoms with Crippen LogP contribution in [-0.2, 0) is 25.4 Å². The van der Waals surface area contributed by atoms with E-state index in [2.05, 4.69) is 4.57 Å². The van der Waals surface area contributed by atoms with Crippen LogP contribution >= 0.6 is 0 Å². The quantitative estimate of drug-likeness (QED) is 0.504. The number of hydrogen-bond acceptors (Lipinski definition) is 5. The lowest BCUT2D eigenvalue weighted by atomic mass is 10.0. The molecule has 0 spiro atoms. The zero-order valence-corrected chi connectivity index (χ0v) is 19.7. The van der Waals surface area contributed by atoms with E-state index in [1.807, 2.05) is 38.1 Å². The first-order valence-electron chi connectivity index (χ1n) is 11.3. The molecule has 1 aliphatic rings. The first kappa shape index (κ1) is 22.0. The summed E-state index contributed by atoms with van der Waals surface area (Å²) >= 11 is 0. The van der Waals surface area contributed by atoms with Gasteiger partial charge in [-0.2, -0.15) is 0 Å². The molecule has 8 heteroatoms. The Bertz CT molecular complexity index is 1540. The molecule has 34 heavy (non-hydrogen) atoms. The fourth-order valence-corrected chi connectivity index (χ4v) is 4.89. The van der Waals surface area contributed by atoms with Crippen molar-refractivity contribution in [2.24, 2.45) is 14.1 Å². The number of aromatic hydroxyl groups is 1. The maximum atomic E-state index is 13.5. The Balaban J connectivity index is 1.89. The highest BCUT2D eigenvalue weighted by Gasteiger charge is 2.33. The number of phenols is 1. The van der Waals surface area contributed by atoms with Crippen LogP contribution in [0, 0.1) is 6.92 Å². The molecule has 0 amide bonds. The Hall–Kier alpha value is -3.78. The van der Waals surface area contributed by atoms with Crippen molar-refractivity contribution in [2.75, 3.05) is 13.2 Å². The van der Waals surface area contributed by atoms with Crippen LogP contribution in [0.25, 0.3) is 22.2 Å². The molecule has 2 aromatic heterocycles. The van der Waals surface area contributed by atoms with Crippen molar-refractivity contribution in [1.29, 1.82) is 0 Å². The molecule has 3 heterocycles. The van der Waals surface area contributed by atoms with E-state index in [9.17, 15) is 14.7 Å². The molecule has 0 aliphatic carbocycles. The van der Waals surface area contributed by atoms with Gasteiger partial charge in [0.25, 0.3) is 5.56 Å². The highest BCUT2D eigenvalue weighted by molar-refractivity contribution is 5.96. The summed E-state index contributed by atoms with van der Waals surface area (Å²) in [6, 6.07) is 13.1. The van der Waals surface area contributed by atoms with Crippen LogP contribution < -0.4 is 16.0 Å². The first-order chi connectivity index (χ1) is 16.3. The summed E-state index contributed by atoms with van der Waals surface area (Å²) < 4.78 is 16.6. The minimum absolute atomic E-state index is 0.0448. The molecular formula is C26H27N3O5. The Morgan fingerprint density at radius 2 is 1.91 bits per heavy atom. The summed E-state index contributed by atoms with van der Waals surface area (Å²) in [5.74, 6) is 0.406. The molecule has 4 aromatic rings. The second kappa shape index (κ2) is 8.22. The fraction of sp³-hybridized carbons (Fsp3) is 0.308. The van der Waals surface area contributed by atoms with Crippen molar-refractivity contribution >= 4 is 10.9 Å². The summed E-state index contributed by atoms with van der Waals surface area (Å²) in [5, 5.41) is 10.7. The number of hydrogen-bond donors (Lipinski definition) is 1. The first-order valence-corrected chi connectivity index (χ1v) is 11.3. The summed E-state index contributed by atoms with van der Waals surface area (Å²) in [5.41, 5.74) is 4.10. The number of rotatable bonds is 4. The second-order valence-electron chi connectivity index (χ2n) is 8.60. The van der Waals surface area contributed by atoms with E-state index in [0.717, 1.165) is 32.6 Å². The van der Waals surface area contributed by atoms with Crippen LogP contribution in [0.5, 0.6) is 11.5 Å². The van der Waals surface area contributed by atoms with Gasteiger partial charge >= 0.3 is 5.69 Å². The third-order valence-corrected chi connectivity index (χ3v) is 6.43. The van der Waals surface area contributed by atoms with Gasteiger partial charge in [0, 0.05) is 20.6 Å². The lowest BCUT2D eigenvalue weighted by molar-refractivity contribution is 0.0477. The van der Waals surface area contributed by atoms with Gasteiger partial charge in [0.1, 0.15) is 6.10 Å². The number of aryl methyl sites for hydroxylation is 2. The third-order valence-electron chi connectivity index (χ3n) is 6.43. The van der Waals surface area contributed by atoms with Gasteiger partial charge in [-0.05, 0) is 43.2 Å². The highest BCUT2D eigenvalue weighted by atomic mass is 16.5. The topological polar surface area (TPSA) is 87.6 Å².